The predicted octanol–water partition coefficient (Wildman–Crippen LogP) is 7.55. The van der Waals surface area contributed by atoms with E-state index in [9.17, 15) is 0 Å². The molecule has 0 radical (unpaired) electrons. The highest BCUT2D eigenvalue weighted by Gasteiger charge is 2.39. The third kappa shape index (κ3) is 4.90. The van der Waals surface area contributed by atoms with Crippen LogP contribution in [0, 0.1) is 25.7 Å². The van der Waals surface area contributed by atoms with Gasteiger partial charge in [-0.3, -0.25) is 0 Å². The maximum absolute atomic E-state index is 3.53. The van der Waals surface area contributed by atoms with Gasteiger partial charge in [0.1, 0.15) is 0 Å². The van der Waals surface area contributed by atoms with Gasteiger partial charge in [-0.25, -0.2) is 0 Å². The lowest BCUT2D eigenvalue weighted by Gasteiger charge is -2.37. The molecule has 0 saturated carbocycles. The Morgan fingerprint density at radius 1 is 0.846 bits per heavy atom. The van der Waals surface area contributed by atoms with Crippen LogP contribution in [0.2, 0.25) is 18.1 Å². The summed E-state index contributed by atoms with van der Waals surface area (Å²) in [5, 5.41) is 0.283. The van der Waals surface area contributed by atoms with Gasteiger partial charge in [-0.05, 0) is 39.8 Å². The zero-order chi connectivity index (χ0) is 19.5. The number of allylic oxidation sites excluding steroid dienone is 1. The molecule has 0 amide bonds. The normalized spacial score (nSPS) is 12.9. The van der Waals surface area contributed by atoms with E-state index < -0.39 is 8.07 Å². The Morgan fingerprint density at radius 2 is 1.31 bits per heavy atom. The van der Waals surface area contributed by atoms with Crippen LogP contribution in [0.1, 0.15) is 43.0 Å². The van der Waals surface area contributed by atoms with E-state index >= 15 is 0 Å². The third-order valence-corrected chi connectivity index (χ3v) is 15.0. The molecule has 0 atom stereocenters. The zero-order valence-corrected chi connectivity index (χ0v) is 20.2. The highest BCUT2D eigenvalue weighted by molar-refractivity contribution is 14.1. The summed E-state index contributed by atoms with van der Waals surface area (Å²) in [6, 6.07) is 17.2. The molecule has 0 aromatic heterocycles. The first-order valence-electron chi connectivity index (χ1n) is 9.08. The van der Waals surface area contributed by atoms with E-state index in [0.717, 1.165) is 5.56 Å². The maximum Gasteiger partial charge on any atom is 0.0954 e. The highest BCUT2D eigenvalue weighted by Crippen LogP contribution is 2.45. The quantitative estimate of drug-likeness (QED) is 0.241. The number of hydrogen-bond donors (Lipinski definition) is 0. The average Bonchev–Trinajstić information content (AvgIpc) is 2.57. The summed E-state index contributed by atoms with van der Waals surface area (Å²) in [6.07, 6.45) is 0. The summed E-state index contributed by atoms with van der Waals surface area (Å²) >= 11 is 2.57. The molecule has 136 valence electrons. The lowest BCUT2D eigenvalue weighted by atomic mass is 10.1. The fraction of sp³-hybridized carbons (Fsp3) is 0.333. The van der Waals surface area contributed by atoms with Crippen LogP contribution >= 0.6 is 22.6 Å². The van der Waals surface area contributed by atoms with E-state index in [1.165, 1.54) is 25.5 Å². The number of rotatable bonds is 2. The molecule has 0 N–H and O–H groups in total. The molecular formula is C24H29ISi. The molecule has 2 aromatic carbocycles. The maximum atomic E-state index is 3.53. The zero-order valence-electron chi connectivity index (χ0n) is 17.0. The SMILES string of the molecule is Cc1ccc(C#C/C(=C(\I)[Si](C)(C)C(C)(C)C)c2ccc(C)cc2)cc1. The summed E-state index contributed by atoms with van der Waals surface area (Å²) in [4.78, 5) is 0. The second-order valence-electron chi connectivity index (χ2n) is 8.55. The molecule has 0 aliphatic rings. The van der Waals surface area contributed by atoms with Crippen LogP contribution in [0.5, 0.6) is 0 Å². The van der Waals surface area contributed by atoms with Crippen molar-refractivity contribution in [2.24, 2.45) is 0 Å². The molecule has 0 unspecified atom stereocenters. The van der Waals surface area contributed by atoms with Crippen molar-refractivity contribution in [3.63, 3.8) is 0 Å². The summed E-state index contributed by atoms with van der Waals surface area (Å²) in [5.74, 6) is 6.93. The van der Waals surface area contributed by atoms with Crippen LogP contribution in [0.4, 0.5) is 0 Å². The smallest absolute Gasteiger partial charge is 0.0646 e. The molecule has 0 fully saturated rings. The Labute approximate surface area is 174 Å². The molecule has 0 nitrogen and oxygen atoms in total. The molecule has 0 heterocycles. The van der Waals surface area contributed by atoms with Crippen LogP contribution < -0.4 is 0 Å². The monoisotopic (exact) mass is 472 g/mol. The van der Waals surface area contributed by atoms with Crippen LogP contribution in [-0.4, -0.2) is 8.07 Å². The van der Waals surface area contributed by atoms with Gasteiger partial charge in [0.05, 0.1) is 8.07 Å². The van der Waals surface area contributed by atoms with Gasteiger partial charge in [0.15, 0.2) is 0 Å². The molecule has 0 aliphatic carbocycles. The lowest BCUT2D eigenvalue weighted by Crippen LogP contribution is -2.38. The topological polar surface area (TPSA) is 0 Å². The van der Waals surface area contributed by atoms with Gasteiger partial charge in [-0.2, -0.15) is 0 Å². The van der Waals surface area contributed by atoms with Crippen molar-refractivity contribution in [3.05, 3.63) is 74.0 Å². The van der Waals surface area contributed by atoms with Gasteiger partial charge in [0, 0.05) is 11.1 Å². The minimum atomic E-state index is -1.65. The minimum absolute atomic E-state index is 0.283. The van der Waals surface area contributed by atoms with E-state index in [1.54, 1.807) is 0 Å². The van der Waals surface area contributed by atoms with Crippen molar-refractivity contribution in [1.82, 2.24) is 0 Å². The Bertz CT molecular complexity index is 852. The van der Waals surface area contributed by atoms with Crippen LogP contribution in [0.3, 0.4) is 0 Å². The van der Waals surface area contributed by atoms with Crippen molar-refractivity contribution >= 4 is 36.2 Å². The average molecular weight is 472 g/mol. The second kappa shape index (κ2) is 8.15. The van der Waals surface area contributed by atoms with Crippen molar-refractivity contribution in [2.45, 2.75) is 52.8 Å². The van der Waals surface area contributed by atoms with Gasteiger partial charge in [0.25, 0.3) is 0 Å². The van der Waals surface area contributed by atoms with E-state index in [1.807, 2.05) is 0 Å². The molecule has 2 heteroatoms. The number of hydrogen-bond acceptors (Lipinski definition) is 0. The molecule has 2 rings (SSSR count). The van der Waals surface area contributed by atoms with E-state index in [2.05, 4.69) is 131 Å². The fourth-order valence-electron chi connectivity index (χ4n) is 2.39. The van der Waals surface area contributed by atoms with Crippen molar-refractivity contribution in [3.8, 4) is 11.8 Å². The van der Waals surface area contributed by atoms with Crippen molar-refractivity contribution < 1.29 is 0 Å². The van der Waals surface area contributed by atoms with Crippen molar-refractivity contribution in [1.29, 1.82) is 0 Å². The summed E-state index contributed by atoms with van der Waals surface area (Å²) in [6.45, 7) is 16.2. The molecule has 0 aliphatic heterocycles. The Balaban J connectivity index is 2.62. The fourth-order valence-corrected chi connectivity index (χ4v) is 6.75. The third-order valence-electron chi connectivity index (χ3n) is 5.37. The molecule has 0 bridgehead atoms. The molecule has 0 saturated heterocycles. The first-order chi connectivity index (χ1) is 12.0. The summed E-state index contributed by atoms with van der Waals surface area (Å²) in [5.41, 5.74) is 6.03. The molecule has 2 aromatic rings. The second-order valence-corrected chi connectivity index (χ2v) is 15.9. The number of benzene rings is 2. The lowest BCUT2D eigenvalue weighted by molar-refractivity contribution is 0.728. The van der Waals surface area contributed by atoms with Crippen LogP contribution in [-0.2, 0) is 0 Å². The number of aryl methyl sites for hydroxylation is 2. The van der Waals surface area contributed by atoms with E-state index in [-0.39, 0.29) is 5.04 Å². The van der Waals surface area contributed by atoms with Gasteiger partial charge in [-0.15, -0.1) is 0 Å². The van der Waals surface area contributed by atoms with E-state index in [0.29, 0.717) is 0 Å². The first kappa shape index (κ1) is 21.0. The summed E-state index contributed by atoms with van der Waals surface area (Å²) < 4.78 is 1.45. The minimum Gasteiger partial charge on any atom is -0.0646 e. The van der Waals surface area contributed by atoms with Gasteiger partial charge >= 0.3 is 0 Å². The molecule has 0 spiro atoms. The summed E-state index contributed by atoms with van der Waals surface area (Å²) in [7, 11) is -1.65. The van der Waals surface area contributed by atoms with E-state index in [4.69, 9.17) is 0 Å². The Morgan fingerprint density at radius 3 is 1.77 bits per heavy atom. The standard InChI is InChI=1S/C24H29ISi/c1-18-8-12-20(13-9-18)14-17-22(21-15-10-19(2)11-16-21)23(25)26(6,7)24(3,4)5/h8-13,15-16H,1-7H3/b23-22-. The molecule has 26 heavy (non-hydrogen) atoms. The Hall–Kier alpha value is -1.31. The van der Waals surface area contributed by atoms with Gasteiger partial charge < -0.3 is 0 Å². The Kier molecular flexibility index (Phi) is 6.58. The van der Waals surface area contributed by atoms with Crippen molar-refractivity contribution in [2.75, 3.05) is 0 Å². The number of halogens is 1. The highest BCUT2D eigenvalue weighted by atomic mass is 127. The van der Waals surface area contributed by atoms with Crippen LogP contribution in [0.15, 0.2) is 51.7 Å². The first-order valence-corrected chi connectivity index (χ1v) is 13.2. The van der Waals surface area contributed by atoms with Gasteiger partial charge in [-0.1, -0.05) is 116 Å². The van der Waals surface area contributed by atoms with Gasteiger partial charge in [0.2, 0.25) is 0 Å². The molecular weight excluding hydrogens is 443 g/mol. The predicted molar refractivity (Wildman–Crippen MR) is 127 cm³/mol. The largest absolute Gasteiger partial charge is 0.0954 e. The van der Waals surface area contributed by atoms with Crippen LogP contribution in [0.25, 0.3) is 5.57 Å².